The van der Waals surface area contributed by atoms with E-state index in [0.717, 1.165) is 17.3 Å². The molecule has 6 nitrogen and oxygen atoms in total. The lowest BCUT2D eigenvalue weighted by Gasteiger charge is -2.26. The second-order valence-electron chi connectivity index (χ2n) is 5.24. The lowest BCUT2D eigenvalue weighted by molar-refractivity contribution is -0.131. The van der Waals surface area contributed by atoms with Crippen molar-refractivity contribution in [1.82, 2.24) is 10.2 Å². The van der Waals surface area contributed by atoms with Gasteiger partial charge >= 0.3 is 0 Å². The molecule has 0 saturated carbocycles. The number of anilines is 1. The molecule has 0 bridgehead atoms. The number of fused-ring (bicyclic) bond motifs is 1. The summed E-state index contributed by atoms with van der Waals surface area (Å²) >= 11 is 0. The van der Waals surface area contributed by atoms with Crippen LogP contribution in [0, 0.1) is 0 Å². The summed E-state index contributed by atoms with van der Waals surface area (Å²) in [4.78, 5) is 36.2. The number of hydrogen-bond donors (Lipinski definition) is 2. The molecule has 0 radical (unpaired) electrons. The topological polar surface area (TPSA) is 78.5 Å². The van der Waals surface area contributed by atoms with Gasteiger partial charge < -0.3 is 15.5 Å². The molecular formula is C16H19N3O3. The molecule has 6 heteroatoms. The Kier molecular flexibility index (Phi) is 4.93. The number of hydrogen-bond acceptors (Lipinski definition) is 3. The van der Waals surface area contributed by atoms with Crippen molar-refractivity contribution in [2.24, 2.45) is 0 Å². The number of amides is 3. The lowest BCUT2D eigenvalue weighted by Crippen LogP contribution is -2.40. The van der Waals surface area contributed by atoms with E-state index < -0.39 is 0 Å². The van der Waals surface area contributed by atoms with E-state index in [1.807, 2.05) is 24.3 Å². The average Bonchev–Trinajstić information content (AvgIpc) is 2.51. The van der Waals surface area contributed by atoms with Crippen LogP contribution in [-0.2, 0) is 14.4 Å². The van der Waals surface area contributed by atoms with Gasteiger partial charge in [-0.2, -0.15) is 0 Å². The third kappa shape index (κ3) is 3.72. The number of benzene rings is 1. The molecular weight excluding hydrogens is 282 g/mol. The smallest absolute Gasteiger partial charge is 0.246 e. The van der Waals surface area contributed by atoms with Crippen molar-refractivity contribution < 1.29 is 14.4 Å². The van der Waals surface area contributed by atoms with Crippen molar-refractivity contribution in [2.75, 3.05) is 25.5 Å². The van der Waals surface area contributed by atoms with Crippen LogP contribution in [0.1, 0.15) is 17.9 Å². The zero-order valence-corrected chi connectivity index (χ0v) is 12.5. The van der Waals surface area contributed by atoms with E-state index in [2.05, 4.69) is 17.2 Å². The Bertz CT molecular complexity index is 612. The number of carbonyl (C=O) groups excluding carboxylic acids is 3. The summed E-state index contributed by atoms with van der Waals surface area (Å²) in [6, 6.07) is 7.55. The molecule has 22 heavy (non-hydrogen) atoms. The van der Waals surface area contributed by atoms with Gasteiger partial charge in [0.15, 0.2) is 0 Å². The first-order chi connectivity index (χ1) is 10.5. The molecule has 0 fully saturated rings. The minimum atomic E-state index is -0.308. The number of para-hydroxylation sites is 1. The molecule has 0 spiro atoms. The monoisotopic (exact) mass is 301 g/mol. The first kappa shape index (κ1) is 15.8. The molecule has 1 aromatic rings. The number of nitrogens with zero attached hydrogens (tertiary/aromatic N) is 1. The first-order valence-corrected chi connectivity index (χ1v) is 7.04. The summed E-state index contributed by atoms with van der Waals surface area (Å²) in [7, 11) is 1.53. The summed E-state index contributed by atoms with van der Waals surface area (Å²) in [6.45, 7) is 3.70. The maximum Gasteiger partial charge on any atom is 0.246 e. The van der Waals surface area contributed by atoms with Crippen LogP contribution in [-0.4, -0.2) is 42.8 Å². The number of carbonyl (C=O) groups is 3. The normalized spacial score (nSPS) is 16.2. The van der Waals surface area contributed by atoms with Crippen LogP contribution < -0.4 is 10.6 Å². The standard InChI is InChI=1S/C16H19N3O3/c1-3-16(22)19(2)10-15(21)17-9-11-8-14(20)18-13-7-5-4-6-12(11)13/h3-7,11H,1,8-10H2,2H3,(H,17,21)(H,18,20). The van der Waals surface area contributed by atoms with Crippen LogP contribution in [0.25, 0.3) is 0 Å². The first-order valence-electron chi connectivity index (χ1n) is 7.04. The quantitative estimate of drug-likeness (QED) is 0.792. The minimum Gasteiger partial charge on any atom is -0.354 e. The van der Waals surface area contributed by atoms with E-state index >= 15 is 0 Å². The molecule has 1 heterocycles. The van der Waals surface area contributed by atoms with Crippen molar-refractivity contribution in [2.45, 2.75) is 12.3 Å². The molecule has 1 atom stereocenters. The SMILES string of the molecule is C=CC(=O)N(C)CC(=O)NCC1CC(=O)Nc2ccccc21. The van der Waals surface area contributed by atoms with Crippen LogP contribution in [0.5, 0.6) is 0 Å². The molecule has 3 amide bonds. The van der Waals surface area contributed by atoms with Crippen molar-refractivity contribution in [1.29, 1.82) is 0 Å². The predicted octanol–water partition coefficient (Wildman–Crippen LogP) is 0.873. The van der Waals surface area contributed by atoms with E-state index in [1.165, 1.54) is 11.9 Å². The second-order valence-corrected chi connectivity index (χ2v) is 5.24. The highest BCUT2D eigenvalue weighted by molar-refractivity contribution is 5.95. The fraction of sp³-hybridized carbons (Fsp3) is 0.312. The van der Waals surface area contributed by atoms with Gasteiger partial charge in [-0.25, -0.2) is 0 Å². The molecule has 116 valence electrons. The van der Waals surface area contributed by atoms with Gasteiger partial charge in [-0.1, -0.05) is 24.8 Å². The van der Waals surface area contributed by atoms with Crippen molar-refractivity contribution in [3.05, 3.63) is 42.5 Å². The summed E-state index contributed by atoms with van der Waals surface area (Å²) in [5.74, 6) is -0.690. The molecule has 0 aromatic heterocycles. The largest absolute Gasteiger partial charge is 0.354 e. The molecule has 0 saturated heterocycles. The molecule has 1 aliphatic rings. The fourth-order valence-corrected chi connectivity index (χ4v) is 2.43. The summed E-state index contributed by atoms with van der Waals surface area (Å²) in [5.41, 5.74) is 1.80. The van der Waals surface area contributed by atoms with Gasteiger partial charge in [0.05, 0.1) is 6.54 Å². The Morgan fingerprint density at radius 1 is 1.45 bits per heavy atom. The Morgan fingerprint density at radius 2 is 2.18 bits per heavy atom. The third-order valence-corrected chi connectivity index (χ3v) is 3.58. The van der Waals surface area contributed by atoms with E-state index in [-0.39, 0.29) is 30.2 Å². The van der Waals surface area contributed by atoms with Crippen molar-refractivity contribution in [3.8, 4) is 0 Å². The maximum absolute atomic E-state index is 11.9. The van der Waals surface area contributed by atoms with Crippen LogP contribution in [0.2, 0.25) is 0 Å². The van der Waals surface area contributed by atoms with Gasteiger partial charge in [-0.05, 0) is 17.7 Å². The van der Waals surface area contributed by atoms with Crippen molar-refractivity contribution in [3.63, 3.8) is 0 Å². The molecule has 0 aliphatic carbocycles. The van der Waals surface area contributed by atoms with Gasteiger partial charge in [0.1, 0.15) is 0 Å². The van der Waals surface area contributed by atoms with Crippen molar-refractivity contribution >= 4 is 23.4 Å². The number of nitrogens with one attached hydrogen (secondary N) is 2. The van der Waals surface area contributed by atoms with Gasteiger partial charge in [0.25, 0.3) is 0 Å². The predicted molar refractivity (Wildman–Crippen MR) is 83.3 cm³/mol. The molecule has 1 unspecified atom stereocenters. The average molecular weight is 301 g/mol. The van der Waals surface area contributed by atoms with Crippen LogP contribution in [0.3, 0.4) is 0 Å². The molecule has 1 aromatic carbocycles. The molecule has 2 N–H and O–H groups in total. The maximum atomic E-state index is 11.9. The highest BCUT2D eigenvalue weighted by Crippen LogP contribution is 2.31. The highest BCUT2D eigenvalue weighted by Gasteiger charge is 2.25. The van der Waals surface area contributed by atoms with E-state index in [0.29, 0.717) is 13.0 Å². The summed E-state index contributed by atoms with van der Waals surface area (Å²) in [5, 5.41) is 5.59. The number of rotatable bonds is 5. The zero-order valence-electron chi connectivity index (χ0n) is 12.5. The van der Waals surface area contributed by atoms with Crippen LogP contribution in [0.4, 0.5) is 5.69 Å². The Balaban J connectivity index is 1.94. The van der Waals surface area contributed by atoms with E-state index in [1.54, 1.807) is 0 Å². The Labute approximate surface area is 129 Å². The van der Waals surface area contributed by atoms with Gasteiger partial charge in [0, 0.05) is 31.6 Å². The third-order valence-electron chi connectivity index (χ3n) is 3.58. The van der Waals surface area contributed by atoms with E-state index in [9.17, 15) is 14.4 Å². The number of likely N-dealkylation sites (N-methyl/N-ethyl adjacent to an activating group) is 1. The Morgan fingerprint density at radius 3 is 2.91 bits per heavy atom. The Hall–Kier alpha value is -2.63. The fourth-order valence-electron chi connectivity index (χ4n) is 2.43. The lowest BCUT2D eigenvalue weighted by atomic mass is 9.90. The zero-order chi connectivity index (χ0) is 16.1. The van der Waals surface area contributed by atoms with Gasteiger partial charge in [-0.3, -0.25) is 14.4 Å². The minimum absolute atomic E-state index is 0.0363. The molecule has 1 aliphatic heterocycles. The second kappa shape index (κ2) is 6.89. The van der Waals surface area contributed by atoms with Gasteiger partial charge in [0.2, 0.25) is 17.7 Å². The molecule has 2 rings (SSSR count). The van der Waals surface area contributed by atoms with Crippen LogP contribution in [0.15, 0.2) is 36.9 Å². The van der Waals surface area contributed by atoms with E-state index in [4.69, 9.17) is 0 Å². The van der Waals surface area contributed by atoms with Crippen LogP contribution >= 0.6 is 0 Å². The summed E-state index contributed by atoms with van der Waals surface area (Å²) in [6.07, 6.45) is 1.49. The van der Waals surface area contributed by atoms with Gasteiger partial charge in [-0.15, -0.1) is 0 Å². The summed E-state index contributed by atoms with van der Waals surface area (Å²) < 4.78 is 0. The highest BCUT2D eigenvalue weighted by atomic mass is 16.2.